The summed E-state index contributed by atoms with van der Waals surface area (Å²) in [5, 5.41) is 14.7. The van der Waals surface area contributed by atoms with E-state index in [2.05, 4.69) is 5.10 Å². The zero-order valence-corrected chi connectivity index (χ0v) is 14.0. The Labute approximate surface area is 144 Å². The van der Waals surface area contributed by atoms with Gasteiger partial charge in [-0.15, -0.1) is 0 Å². The van der Waals surface area contributed by atoms with Gasteiger partial charge in [0.15, 0.2) is 5.82 Å². The Bertz CT molecular complexity index is 926. The summed E-state index contributed by atoms with van der Waals surface area (Å²) in [7, 11) is 0. The Morgan fingerprint density at radius 2 is 1.88 bits per heavy atom. The van der Waals surface area contributed by atoms with Gasteiger partial charge in [0, 0.05) is 12.1 Å². The Kier molecular flexibility index (Phi) is 4.57. The summed E-state index contributed by atoms with van der Waals surface area (Å²) >= 11 is 5.55. The summed E-state index contributed by atoms with van der Waals surface area (Å²) in [5.74, 6) is 0.682. The van der Waals surface area contributed by atoms with Crippen molar-refractivity contribution >= 4 is 18.5 Å². The summed E-state index contributed by atoms with van der Waals surface area (Å²) in [6.07, 6.45) is 1.17. The molecule has 0 atom stereocenters. The fourth-order valence-electron chi connectivity index (χ4n) is 2.49. The molecule has 0 amide bonds. The number of hydrogen-bond acceptors (Lipinski definition) is 4. The van der Waals surface area contributed by atoms with Gasteiger partial charge in [-0.1, -0.05) is 29.8 Å². The maximum absolute atomic E-state index is 10.7. The number of carbonyl (C=O) groups is 1. The number of nitrogens with zero attached hydrogens (tertiary/aromatic N) is 3. The van der Waals surface area contributed by atoms with Crippen LogP contribution in [0, 0.1) is 11.7 Å². The lowest BCUT2D eigenvalue weighted by molar-refractivity contribution is -0.108. The third-order valence-electron chi connectivity index (χ3n) is 3.74. The van der Waals surface area contributed by atoms with Crippen molar-refractivity contribution in [3.8, 4) is 22.8 Å². The molecule has 0 saturated carbocycles. The number of aromatic hydroxyl groups is 1. The van der Waals surface area contributed by atoms with Gasteiger partial charge in [0.1, 0.15) is 12.0 Å². The number of phenolic OH excluding ortho intramolecular Hbond substituents is 1. The molecule has 0 spiro atoms. The van der Waals surface area contributed by atoms with Crippen LogP contribution < -0.4 is 0 Å². The lowest BCUT2D eigenvalue weighted by atomic mass is 10.1. The summed E-state index contributed by atoms with van der Waals surface area (Å²) < 4.78 is 3.92. The first-order valence-electron chi connectivity index (χ1n) is 7.60. The molecule has 0 aliphatic heterocycles. The molecule has 0 fully saturated rings. The number of phenols is 1. The second-order valence-corrected chi connectivity index (χ2v) is 5.84. The third-order valence-corrected chi connectivity index (χ3v) is 4.13. The quantitative estimate of drug-likeness (QED) is 0.569. The normalized spacial score (nSPS) is 10.7. The van der Waals surface area contributed by atoms with Crippen LogP contribution in [0.25, 0.3) is 17.1 Å². The van der Waals surface area contributed by atoms with Crippen molar-refractivity contribution in [2.45, 2.75) is 19.9 Å². The van der Waals surface area contributed by atoms with Crippen LogP contribution in [0.4, 0.5) is 0 Å². The smallest absolute Gasteiger partial charge is 0.202 e. The van der Waals surface area contributed by atoms with E-state index in [1.165, 1.54) is 0 Å². The first-order valence-corrected chi connectivity index (χ1v) is 8.01. The molecular weight excluding hydrogens is 322 g/mol. The Morgan fingerprint density at radius 1 is 1.17 bits per heavy atom. The molecule has 0 aliphatic carbocycles. The van der Waals surface area contributed by atoms with Gasteiger partial charge >= 0.3 is 0 Å². The number of aryl methyl sites for hydroxylation is 2. The molecule has 2 aromatic carbocycles. The van der Waals surface area contributed by atoms with Gasteiger partial charge in [-0.25, -0.2) is 4.68 Å². The topological polar surface area (TPSA) is 60.0 Å². The Balaban J connectivity index is 2.23. The summed E-state index contributed by atoms with van der Waals surface area (Å²) in [6.45, 7) is 2.42. The number of para-hydroxylation sites is 1. The van der Waals surface area contributed by atoms with Crippen molar-refractivity contribution in [3.63, 3.8) is 0 Å². The third kappa shape index (κ3) is 3.00. The fourth-order valence-corrected chi connectivity index (χ4v) is 2.82. The minimum atomic E-state index is 0.133. The minimum Gasteiger partial charge on any atom is -0.507 e. The van der Waals surface area contributed by atoms with E-state index in [1.54, 1.807) is 22.9 Å². The van der Waals surface area contributed by atoms with Crippen molar-refractivity contribution in [2.24, 2.45) is 0 Å². The number of aldehydes is 1. The molecule has 0 unspecified atom stereocenters. The number of aromatic nitrogens is 3. The SMILES string of the molecule is Cc1ccc(-n2c(-c3ccccc3O)nn(CCC=O)c2=S)cc1. The first kappa shape index (κ1) is 16.1. The van der Waals surface area contributed by atoms with Crippen molar-refractivity contribution < 1.29 is 9.90 Å². The summed E-state index contributed by atoms with van der Waals surface area (Å²) in [4.78, 5) is 10.7. The molecule has 6 heteroatoms. The zero-order valence-electron chi connectivity index (χ0n) is 13.2. The zero-order chi connectivity index (χ0) is 17.1. The van der Waals surface area contributed by atoms with Gasteiger partial charge in [0.2, 0.25) is 4.77 Å². The molecule has 1 heterocycles. The van der Waals surface area contributed by atoms with Crippen LogP contribution in [0.5, 0.6) is 5.75 Å². The predicted octanol–water partition coefficient (Wildman–Crippen LogP) is 3.67. The molecule has 0 aliphatic rings. The van der Waals surface area contributed by atoms with Gasteiger partial charge in [-0.2, -0.15) is 5.10 Å². The average molecular weight is 339 g/mol. The highest BCUT2D eigenvalue weighted by atomic mass is 32.1. The van der Waals surface area contributed by atoms with Gasteiger partial charge < -0.3 is 9.90 Å². The van der Waals surface area contributed by atoms with E-state index in [0.717, 1.165) is 17.5 Å². The molecule has 3 aromatic rings. The van der Waals surface area contributed by atoms with Crippen LogP contribution in [-0.2, 0) is 11.3 Å². The predicted molar refractivity (Wildman–Crippen MR) is 94.9 cm³/mol. The highest BCUT2D eigenvalue weighted by molar-refractivity contribution is 7.71. The molecule has 0 saturated heterocycles. The molecule has 1 N–H and O–H groups in total. The van der Waals surface area contributed by atoms with Gasteiger partial charge in [0.25, 0.3) is 0 Å². The molecule has 3 rings (SSSR count). The number of carbonyl (C=O) groups excluding carboxylic acids is 1. The van der Waals surface area contributed by atoms with E-state index in [-0.39, 0.29) is 5.75 Å². The van der Waals surface area contributed by atoms with Crippen LogP contribution in [0.3, 0.4) is 0 Å². The monoisotopic (exact) mass is 339 g/mol. The summed E-state index contributed by atoms with van der Waals surface area (Å²) in [6, 6.07) is 14.9. The van der Waals surface area contributed by atoms with E-state index < -0.39 is 0 Å². The van der Waals surface area contributed by atoms with Crippen molar-refractivity contribution in [2.75, 3.05) is 0 Å². The Hall–Kier alpha value is -2.73. The van der Waals surface area contributed by atoms with Crippen LogP contribution in [-0.4, -0.2) is 25.7 Å². The van der Waals surface area contributed by atoms with Crippen LogP contribution in [0.2, 0.25) is 0 Å². The molecule has 24 heavy (non-hydrogen) atoms. The van der Waals surface area contributed by atoms with E-state index in [1.807, 2.05) is 41.8 Å². The van der Waals surface area contributed by atoms with Crippen LogP contribution in [0.1, 0.15) is 12.0 Å². The highest BCUT2D eigenvalue weighted by Gasteiger charge is 2.16. The second kappa shape index (κ2) is 6.80. The molecule has 0 bridgehead atoms. The largest absolute Gasteiger partial charge is 0.507 e. The van der Waals surface area contributed by atoms with Crippen molar-refractivity contribution in [3.05, 3.63) is 58.9 Å². The fraction of sp³-hybridized carbons (Fsp3) is 0.167. The minimum absolute atomic E-state index is 0.133. The molecule has 0 radical (unpaired) electrons. The number of hydrogen-bond donors (Lipinski definition) is 1. The Morgan fingerprint density at radius 3 is 2.54 bits per heavy atom. The highest BCUT2D eigenvalue weighted by Crippen LogP contribution is 2.29. The van der Waals surface area contributed by atoms with E-state index in [9.17, 15) is 9.90 Å². The van der Waals surface area contributed by atoms with Crippen LogP contribution >= 0.6 is 12.2 Å². The molecule has 1 aromatic heterocycles. The van der Waals surface area contributed by atoms with Gasteiger partial charge in [-0.05, 0) is 43.4 Å². The standard InChI is InChI=1S/C18H17N3O2S/c1-13-7-9-14(10-8-13)21-17(15-5-2-3-6-16(15)23)19-20(18(21)24)11-4-12-22/h2-3,5-10,12,23H,4,11H2,1H3. The molecule has 5 nitrogen and oxygen atoms in total. The number of benzene rings is 2. The second-order valence-electron chi connectivity index (χ2n) is 5.47. The van der Waals surface area contributed by atoms with Crippen molar-refractivity contribution in [1.29, 1.82) is 0 Å². The van der Waals surface area contributed by atoms with E-state index in [0.29, 0.717) is 29.1 Å². The van der Waals surface area contributed by atoms with Gasteiger partial charge in [-0.3, -0.25) is 4.57 Å². The van der Waals surface area contributed by atoms with Gasteiger partial charge in [0.05, 0.1) is 12.1 Å². The maximum Gasteiger partial charge on any atom is 0.202 e. The van der Waals surface area contributed by atoms with E-state index in [4.69, 9.17) is 12.2 Å². The van der Waals surface area contributed by atoms with Crippen molar-refractivity contribution in [1.82, 2.24) is 14.3 Å². The first-order chi connectivity index (χ1) is 11.6. The maximum atomic E-state index is 10.7. The lowest BCUT2D eigenvalue weighted by Gasteiger charge is -2.08. The molecular formula is C18H17N3O2S. The lowest BCUT2D eigenvalue weighted by Crippen LogP contribution is -2.02. The van der Waals surface area contributed by atoms with Crippen LogP contribution in [0.15, 0.2) is 48.5 Å². The molecule has 122 valence electrons. The summed E-state index contributed by atoms with van der Waals surface area (Å²) in [5.41, 5.74) is 2.60. The van der Waals surface area contributed by atoms with E-state index >= 15 is 0 Å². The number of rotatable bonds is 5. The average Bonchev–Trinajstić information content (AvgIpc) is 2.91.